The molecule has 1 saturated heterocycles. The number of phosphoric acid groups is 1. The molecular formula is C16H20N3O7PS. The van der Waals surface area contributed by atoms with Gasteiger partial charge in [0.2, 0.25) is 0 Å². The average Bonchev–Trinajstić information content (AvgIpc) is 3.00. The van der Waals surface area contributed by atoms with Gasteiger partial charge in [0.1, 0.15) is 18.1 Å². The summed E-state index contributed by atoms with van der Waals surface area (Å²) in [6, 6.07) is 7.55. The maximum absolute atomic E-state index is 12.3. The Kier molecular flexibility index (Phi) is 6.25. The number of rotatable bonds is 6. The van der Waals surface area contributed by atoms with Crippen LogP contribution in [0.5, 0.6) is 0 Å². The van der Waals surface area contributed by atoms with E-state index in [4.69, 9.17) is 20.3 Å². The second kappa shape index (κ2) is 8.34. The lowest BCUT2D eigenvalue weighted by molar-refractivity contribution is -0.0449. The summed E-state index contributed by atoms with van der Waals surface area (Å²) < 4.78 is 22.0. The van der Waals surface area contributed by atoms with E-state index in [0.29, 0.717) is 5.56 Å². The smallest absolute Gasteiger partial charge is 0.390 e. The van der Waals surface area contributed by atoms with E-state index in [1.54, 1.807) is 11.8 Å². The monoisotopic (exact) mass is 429 g/mol. The summed E-state index contributed by atoms with van der Waals surface area (Å²) in [4.78, 5) is 34.8. The molecule has 12 heteroatoms. The van der Waals surface area contributed by atoms with Crippen molar-refractivity contribution in [1.29, 1.82) is 0 Å². The molecule has 0 spiro atoms. The normalized spacial score (nSPS) is 22.5. The molecule has 2 aromatic rings. The van der Waals surface area contributed by atoms with E-state index in [9.17, 15) is 14.5 Å². The number of phosphoric ester groups is 1. The van der Waals surface area contributed by atoms with Crippen LogP contribution in [-0.2, 0) is 13.8 Å². The van der Waals surface area contributed by atoms with E-state index >= 15 is 0 Å². The van der Waals surface area contributed by atoms with E-state index in [1.165, 1.54) is 10.8 Å². The van der Waals surface area contributed by atoms with Crippen molar-refractivity contribution in [2.24, 2.45) is 0 Å². The van der Waals surface area contributed by atoms with Crippen molar-refractivity contribution >= 4 is 25.4 Å². The van der Waals surface area contributed by atoms with Crippen LogP contribution < -0.4 is 11.4 Å². The highest BCUT2D eigenvalue weighted by Gasteiger charge is 2.37. The zero-order chi connectivity index (χ0) is 20.5. The van der Waals surface area contributed by atoms with Crippen LogP contribution >= 0.6 is 19.6 Å². The summed E-state index contributed by atoms with van der Waals surface area (Å²) in [5.74, 6) is 0.0677. The molecule has 3 rings (SSSR count). The quantitative estimate of drug-likeness (QED) is 0.385. The predicted octanol–water partition coefficient (Wildman–Crippen LogP) is 0.972. The second-order valence-electron chi connectivity index (χ2n) is 6.18. The molecule has 1 aliphatic heterocycles. The minimum Gasteiger partial charge on any atom is -0.390 e. The number of nitrogens with zero attached hydrogens (tertiary/aromatic N) is 2. The Balaban J connectivity index is 1.86. The number of aliphatic hydroxyl groups excluding tert-OH is 1. The molecule has 0 amide bonds. The first-order valence-electron chi connectivity index (χ1n) is 8.24. The molecule has 1 aliphatic rings. The average molecular weight is 429 g/mol. The van der Waals surface area contributed by atoms with Crippen molar-refractivity contribution in [2.45, 2.75) is 29.8 Å². The molecule has 3 atom stereocenters. The van der Waals surface area contributed by atoms with E-state index in [1.807, 2.05) is 30.5 Å². The summed E-state index contributed by atoms with van der Waals surface area (Å²) in [5.41, 5.74) is 6.55. The van der Waals surface area contributed by atoms with Crippen LogP contribution in [0.3, 0.4) is 0 Å². The SMILES string of the molecule is CSc1ccc(-c2cn([C@H]3C[C@H](O)[C@@H](COP(=O)(O)O)O3)c(=O)nc2N)cc1. The number of ether oxygens (including phenoxy) is 1. The van der Waals surface area contributed by atoms with Gasteiger partial charge in [-0.2, -0.15) is 4.98 Å². The number of benzene rings is 1. The maximum atomic E-state index is 12.3. The van der Waals surface area contributed by atoms with Crippen molar-refractivity contribution in [2.75, 3.05) is 18.6 Å². The molecule has 10 nitrogen and oxygen atoms in total. The fourth-order valence-electron chi connectivity index (χ4n) is 2.89. The van der Waals surface area contributed by atoms with Gasteiger partial charge < -0.3 is 25.4 Å². The van der Waals surface area contributed by atoms with Gasteiger partial charge in [0.15, 0.2) is 0 Å². The summed E-state index contributed by atoms with van der Waals surface area (Å²) in [5, 5.41) is 10.1. The van der Waals surface area contributed by atoms with Gasteiger partial charge >= 0.3 is 13.5 Å². The number of hydrogen-bond donors (Lipinski definition) is 4. The van der Waals surface area contributed by atoms with Crippen molar-refractivity contribution < 1.29 is 28.7 Å². The summed E-state index contributed by atoms with van der Waals surface area (Å²) in [6.07, 6.45) is 0.566. The van der Waals surface area contributed by atoms with Gasteiger partial charge in [-0.25, -0.2) is 9.36 Å². The van der Waals surface area contributed by atoms with Crippen LogP contribution in [0.4, 0.5) is 5.82 Å². The Hall–Kier alpha value is -1.72. The first-order valence-corrected chi connectivity index (χ1v) is 11.0. The molecule has 2 heterocycles. The van der Waals surface area contributed by atoms with Gasteiger partial charge in [-0.15, -0.1) is 11.8 Å². The largest absolute Gasteiger partial charge is 0.469 e. The number of aromatic nitrogens is 2. The third kappa shape index (κ3) is 4.81. The molecule has 0 saturated carbocycles. The lowest BCUT2D eigenvalue weighted by atomic mass is 10.1. The Morgan fingerprint density at radius 1 is 1.39 bits per heavy atom. The zero-order valence-electron chi connectivity index (χ0n) is 14.8. The van der Waals surface area contributed by atoms with Crippen LogP contribution in [0.1, 0.15) is 12.6 Å². The van der Waals surface area contributed by atoms with Crippen molar-refractivity contribution in [3.05, 3.63) is 40.9 Å². The van der Waals surface area contributed by atoms with Gasteiger partial charge in [-0.3, -0.25) is 9.09 Å². The Bertz CT molecular complexity index is 946. The van der Waals surface area contributed by atoms with Crippen molar-refractivity contribution in [3.8, 4) is 11.1 Å². The number of thioether (sulfide) groups is 1. The topological polar surface area (TPSA) is 157 Å². The molecular weight excluding hydrogens is 409 g/mol. The molecule has 28 heavy (non-hydrogen) atoms. The molecule has 0 unspecified atom stereocenters. The van der Waals surface area contributed by atoms with Gasteiger partial charge in [-0.1, -0.05) is 12.1 Å². The highest BCUT2D eigenvalue weighted by molar-refractivity contribution is 7.98. The number of aliphatic hydroxyl groups is 1. The van der Waals surface area contributed by atoms with E-state index in [0.717, 1.165) is 10.5 Å². The first kappa shape index (κ1) is 21.0. The van der Waals surface area contributed by atoms with Gasteiger partial charge in [-0.05, 0) is 24.0 Å². The summed E-state index contributed by atoms with van der Waals surface area (Å²) in [6.45, 7) is -0.512. The minimum atomic E-state index is -4.70. The summed E-state index contributed by atoms with van der Waals surface area (Å²) >= 11 is 1.59. The molecule has 0 bridgehead atoms. The molecule has 1 aromatic carbocycles. The molecule has 0 radical (unpaired) electrons. The fraction of sp³-hybridized carbons (Fsp3) is 0.375. The van der Waals surface area contributed by atoms with Crippen LogP contribution in [0.25, 0.3) is 11.1 Å². The van der Waals surface area contributed by atoms with Crippen LogP contribution in [0.15, 0.2) is 40.2 Å². The molecule has 5 N–H and O–H groups in total. The Morgan fingerprint density at radius 3 is 2.68 bits per heavy atom. The maximum Gasteiger partial charge on any atom is 0.469 e. The van der Waals surface area contributed by atoms with Gasteiger partial charge in [0.25, 0.3) is 0 Å². The lowest BCUT2D eigenvalue weighted by Crippen LogP contribution is -2.29. The summed E-state index contributed by atoms with van der Waals surface area (Å²) in [7, 11) is -4.70. The highest BCUT2D eigenvalue weighted by Crippen LogP contribution is 2.38. The molecule has 1 fully saturated rings. The lowest BCUT2D eigenvalue weighted by Gasteiger charge is -2.17. The van der Waals surface area contributed by atoms with Crippen molar-refractivity contribution in [1.82, 2.24) is 9.55 Å². The third-order valence-electron chi connectivity index (χ3n) is 4.30. The first-order chi connectivity index (χ1) is 13.2. The van der Waals surface area contributed by atoms with Crippen LogP contribution in [0.2, 0.25) is 0 Å². The Labute approximate surface area is 164 Å². The van der Waals surface area contributed by atoms with E-state index < -0.39 is 38.6 Å². The van der Waals surface area contributed by atoms with E-state index in [2.05, 4.69) is 9.51 Å². The third-order valence-corrected chi connectivity index (χ3v) is 5.53. The number of nitrogens with two attached hydrogens (primary N) is 1. The van der Waals surface area contributed by atoms with Gasteiger partial charge in [0.05, 0.1) is 12.7 Å². The Morgan fingerprint density at radius 2 is 2.07 bits per heavy atom. The molecule has 1 aromatic heterocycles. The number of nitrogen functional groups attached to an aromatic ring is 1. The number of hydrogen-bond acceptors (Lipinski definition) is 8. The van der Waals surface area contributed by atoms with Crippen molar-refractivity contribution in [3.63, 3.8) is 0 Å². The molecule has 0 aliphatic carbocycles. The zero-order valence-corrected chi connectivity index (χ0v) is 16.5. The fourth-order valence-corrected chi connectivity index (χ4v) is 3.64. The second-order valence-corrected chi connectivity index (χ2v) is 8.30. The van der Waals surface area contributed by atoms with Gasteiger partial charge in [0, 0.05) is 23.1 Å². The van der Waals surface area contributed by atoms with Crippen LogP contribution in [-0.4, -0.2) is 49.5 Å². The highest BCUT2D eigenvalue weighted by atomic mass is 32.2. The van der Waals surface area contributed by atoms with E-state index in [-0.39, 0.29) is 12.2 Å². The van der Waals surface area contributed by atoms with Crippen LogP contribution in [0, 0.1) is 0 Å². The predicted molar refractivity (Wildman–Crippen MR) is 103 cm³/mol. The molecule has 152 valence electrons. The standard InChI is InChI=1S/C16H20N3O7PS/c1-28-10-4-2-9(3-5-10)11-7-19(16(21)18-15(11)17)14-6-12(20)13(26-14)8-25-27(22,23)24/h2-5,7,12-14,20H,6,8H2,1H3,(H2,17,18,21)(H2,22,23,24)/t12-,13+,14+/m0/s1. The minimum absolute atomic E-state index is 0.0333. The number of anilines is 1.